The van der Waals surface area contributed by atoms with E-state index < -0.39 is 17.7 Å². The van der Waals surface area contributed by atoms with Gasteiger partial charge >= 0.3 is 6.09 Å². The lowest BCUT2D eigenvalue weighted by Crippen LogP contribution is -2.43. The van der Waals surface area contributed by atoms with Crippen molar-refractivity contribution in [3.8, 4) is 11.8 Å². The Hall–Kier alpha value is -1.50. The van der Waals surface area contributed by atoms with E-state index in [4.69, 9.17) is 4.74 Å². The molecule has 0 unspecified atom stereocenters. The summed E-state index contributed by atoms with van der Waals surface area (Å²) in [6.07, 6.45) is 12.3. The molecule has 2 rings (SSSR count). The van der Waals surface area contributed by atoms with Crippen molar-refractivity contribution in [1.29, 1.82) is 0 Å². The number of carbonyl (C=O) groups is 2. The first kappa shape index (κ1) is 20.8. The van der Waals surface area contributed by atoms with E-state index in [2.05, 4.69) is 11.8 Å². The van der Waals surface area contributed by atoms with Crippen molar-refractivity contribution in [3.63, 3.8) is 0 Å². The zero-order chi connectivity index (χ0) is 19.0. The predicted octanol–water partition coefficient (Wildman–Crippen LogP) is 5.10. The molecule has 146 valence electrons. The Kier molecular flexibility index (Phi) is 8.00. The Morgan fingerprint density at radius 3 is 2.04 bits per heavy atom. The Labute approximate surface area is 159 Å². The van der Waals surface area contributed by atoms with Gasteiger partial charge in [-0.1, -0.05) is 50.9 Å². The Balaban J connectivity index is 1.94. The standard InChI is InChI=1S/C22H35NO3/c1-22(2,3)26-21(25)23-17-11-14-19(23)20(24)16-15-18-12-9-7-5-4-6-8-10-13-18/h18-19H,4-14,17H2,1-3H3/t19-/m0/s1. The molecule has 1 saturated heterocycles. The Morgan fingerprint density at radius 2 is 1.46 bits per heavy atom. The van der Waals surface area contributed by atoms with E-state index in [1.54, 1.807) is 4.90 Å². The van der Waals surface area contributed by atoms with Gasteiger partial charge in [0, 0.05) is 12.5 Å². The maximum absolute atomic E-state index is 12.6. The highest BCUT2D eigenvalue weighted by Crippen LogP contribution is 2.23. The summed E-state index contributed by atoms with van der Waals surface area (Å²) in [6, 6.07) is -0.433. The third-order valence-corrected chi connectivity index (χ3v) is 5.19. The Bertz CT molecular complexity index is 528. The Morgan fingerprint density at radius 1 is 0.885 bits per heavy atom. The summed E-state index contributed by atoms with van der Waals surface area (Å²) in [5, 5.41) is 0. The van der Waals surface area contributed by atoms with Crippen LogP contribution in [-0.4, -0.2) is 35.0 Å². The van der Waals surface area contributed by atoms with Crippen LogP contribution in [-0.2, 0) is 9.53 Å². The molecule has 0 aromatic carbocycles. The summed E-state index contributed by atoms with van der Waals surface area (Å²) in [6.45, 7) is 6.11. The molecule has 1 saturated carbocycles. The molecule has 0 bridgehead atoms. The highest BCUT2D eigenvalue weighted by atomic mass is 16.6. The second-order valence-electron chi connectivity index (χ2n) is 8.71. The molecule has 2 fully saturated rings. The van der Waals surface area contributed by atoms with Gasteiger partial charge in [0.05, 0.1) is 0 Å². The van der Waals surface area contributed by atoms with Crippen molar-refractivity contribution in [2.75, 3.05) is 6.54 Å². The van der Waals surface area contributed by atoms with E-state index in [1.807, 2.05) is 20.8 Å². The van der Waals surface area contributed by atoms with Gasteiger partial charge in [-0.2, -0.15) is 0 Å². The van der Waals surface area contributed by atoms with Crippen LogP contribution in [0, 0.1) is 17.8 Å². The second-order valence-corrected chi connectivity index (χ2v) is 8.71. The van der Waals surface area contributed by atoms with Crippen LogP contribution in [0.4, 0.5) is 4.79 Å². The summed E-state index contributed by atoms with van der Waals surface area (Å²) in [4.78, 5) is 26.5. The smallest absolute Gasteiger partial charge is 0.410 e. The highest BCUT2D eigenvalue weighted by Gasteiger charge is 2.35. The van der Waals surface area contributed by atoms with E-state index in [-0.39, 0.29) is 5.78 Å². The van der Waals surface area contributed by atoms with Crippen molar-refractivity contribution >= 4 is 11.9 Å². The highest BCUT2D eigenvalue weighted by molar-refractivity contribution is 6.01. The van der Waals surface area contributed by atoms with E-state index in [1.165, 1.54) is 44.9 Å². The van der Waals surface area contributed by atoms with Gasteiger partial charge in [-0.25, -0.2) is 4.79 Å². The molecular formula is C22H35NO3. The van der Waals surface area contributed by atoms with Gasteiger partial charge < -0.3 is 4.74 Å². The van der Waals surface area contributed by atoms with Gasteiger partial charge in [0.25, 0.3) is 0 Å². The summed E-state index contributed by atoms with van der Waals surface area (Å²) in [5.74, 6) is 6.34. The minimum Gasteiger partial charge on any atom is -0.444 e. The first-order valence-corrected chi connectivity index (χ1v) is 10.4. The molecule has 1 aliphatic heterocycles. The molecule has 0 aromatic rings. The molecule has 1 aliphatic carbocycles. The summed E-state index contributed by atoms with van der Waals surface area (Å²) in [7, 11) is 0. The number of Topliss-reactive ketones (excluding diaryl/α,β-unsaturated/α-hetero) is 1. The number of rotatable bonds is 1. The van der Waals surface area contributed by atoms with Crippen molar-refractivity contribution in [3.05, 3.63) is 0 Å². The molecule has 0 aromatic heterocycles. The van der Waals surface area contributed by atoms with E-state index >= 15 is 0 Å². The van der Waals surface area contributed by atoms with E-state index in [9.17, 15) is 9.59 Å². The van der Waals surface area contributed by atoms with Crippen LogP contribution in [0.3, 0.4) is 0 Å². The molecular weight excluding hydrogens is 326 g/mol. The van der Waals surface area contributed by atoms with Gasteiger partial charge in [0.1, 0.15) is 11.6 Å². The quantitative estimate of drug-likeness (QED) is 0.482. The number of likely N-dealkylation sites (tertiary alicyclic amines) is 1. The van der Waals surface area contributed by atoms with Gasteiger partial charge in [-0.05, 0) is 52.4 Å². The van der Waals surface area contributed by atoms with Crippen LogP contribution in [0.5, 0.6) is 0 Å². The number of nitrogens with zero attached hydrogens (tertiary/aromatic N) is 1. The topological polar surface area (TPSA) is 46.6 Å². The van der Waals surface area contributed by atoms with Gasteiger partial charge in [-0.3, -0.25) is 9.69 Å². The first-order valence-electron chi connectivity index (χ1n) is 10.4. The van der Waals surface area contributed by atoms with Gasteiger partial charge in [-0.15, -0.1) is 0 Å². The van der Waals surface area contributed by atoms with Crippen molar-refractivity contribution in [1.82, 2.24) is 4.90 Å². The molecule has 1 heterocycles. The summed E-state index contributed by atoms with van der Waals surface area (Å²) >= 11 is 0. The molecule has 0 spiro atoms. The molecule has 26 heavy (non-hydrogen) atoms. The predicted molar refractivity (Wildman–Crippen MR) is 104 cm³/mol. The number of hydrogen-bond donors (Lipinski definition) is 0. The number of hydrogen-bond acceptors (Lipinski definition) is 3. The first-order chi connectivity index (χ1) is 12.4. The lowest BCUT2D eigenvalue weighted by Gasteiger charge is -2.27. The van der Waals surface area contributed by atoms with Crippen molar-refractivity contribution in [2.24, 2.45) is 5.92 Å². The summed E-state index contributed by atoms with van der Waals surface area (Å²) in [5.41, 5.74) is -0.547. The minimum absolute atomic E-state index is 0.120. The van der Waals surface area contributed by atoms with Gasteiger partial charge in [0.2, 0.25) is 5.78 Å². The average molecular weight is 362 g/mol. The van der Waals surface area contributed by atoms with Crippen LogP contribution < -0.4 is 0 Å². The molecule has 0 N–H and O–H groups in total. The van der Waals surface area contributed by atoms with Crippen LogP contribution >= 0.6 is 0 Å². The van der Waals surface area contributed by atoms with Crippen LogP contribution in [0.2, 0.25) is 0 Å². The lowest BCUT2D eigenvalue weighted by atomic mass is 9.92. The van der Waals surface area contributed by atoms with E-state index in [0.29, 0.717) is 18.9 Å². The van der Waals surface area contributed by atoms with Crippen molar-refractivity contribution < 1.29 is 14.3 Å². The fourth-order valence-electron chi connectivity index (χ4n) is 3.79. The zero-order valence-corrected chi connectivity index (χ0v) is 16.8. The van der Waals surface area contributed by atoms with Gasteiger partial charge in [0.15, 0.2) is 0 Å². The SMILES string of the molecule is CC(C)(C)OC(=O)N1CCC[C@H]1C(=O)C#CC1CCCCCCCCC1. The average Bonchev–Trinajstić information content (AvgIpc) is 3.06. The second kappa shape index (κ2) is 10.00. The number of ether oxygens (including phenoxy) is 1. The third kappa shape index (κ3) is 7.02. The zero-order valence-electron chi connectivity index (χ0n) is 16.8. The molecule has 4 heteroatoms. The van der Waals surface area contributed by atoms with E-state index in [0.717, 1.165) is 19.3 Å². The lowest BCUT2D eigenvalue weighted by molar-refractivity contribution is -0.117. The number of ketones is 1. The summed E-state index contributed by atoms with van der Waals surface area (Å²) < 4.78 is 5.44. The monoisotopic (exact) mass is 361 g/mol. The number of carbonyl (C=O) groups excluding carboxylic acids is 2. The fourth-order valence-corrected chi connectivity index (χ4v) is 3.79. The molecule has 4 nitrogen and oxygen atoms in total. The molecule has 1 amide bonds. The number of amides is 1. The fraction of sp³-hybridized carbons (Fsp3) is 0.818. The minimum atomic E-state index is -0.547. The molecule has 2 aliphatic rings. The largest absolute Gasteiger partial charge is 0.444 e. The maximum Gasteiger partial charge on any atom is 0.410 e. The normalized spacial score (nSPS) is 23.0. The maximum atomic E-state index is 12.6. The van der Waals surface area contributed by atoms with Crippen LogP contribution in [0.1, 0.15) is 91.4 Å². The van der Waals surface area contributed by atoms with Crippen molar-refractivity contribution in [2.45, 2.75) is 103 Å². The van der Waals surface area contributed by atoms with Crippen LogP contribution in [0.15, 0.2) is 0 Å². The van der Waals surface area contributed by atoms with Crippen LogP contribution in [0.25, 0.3) is 0 Å². The molecule has 1 atom stereocenters. The molecule has 0 radical (unpaired) electrons. The third-order valence-electron chi connectivity index (χ3n) is 5.19.